The molecular formula is C27H36N2O4. The lowest BCUT2D eigenvalue weighted by Gasteiger charge is -2.19. The van der Waals surface area contributed by atoms with E-state index >= 15 is 0 Å². The minimum absolute atomic E-state index is 0.400. The molecule has 3 rings (SSSR count). The zero-order valence-corrected chi connectivity index (χ0v) is 20.4. The lowest BCUT2D eigenvalue weighted by Crippen LogP contribution is -2.39. The summed E-state index contributed by atoms with van der Waals surface area (Å²) in [5.41, 5.74) is 5.37. The van der Waals surface area contributed by atoms with Gasteiger partial charge in [-0.25, -0.2) is 0 Å². The Morgan fingerprint density at radius 3 is 1.33 bits per heavy atom. The first kappa shape index (κ1) is 24.9. The molecular weight excluding hydrogens is 416 g/mol. The molecule has 0 saturated carbocycles. The van der Waals surface area contributed by atoms with Crippen molar-refractivity contribution in [3.05, 3.63) is 70.8 Å². The molecule has 1 saturated heterocycles. The van der Waals surface area contributed by atoms with E-state index in [4.69, 9.17) is 9.47 Å². The smallest absolute Gasteiger partial charge is 0.164 e. The summed E-state index contributed by atoms with van der Waals surface area (Å²) < 4.78 is 12.2. The van der Waals surface area contributed by atoms with E-state index in [0.717, 1.165) is 11.1 Å². The molecule has 2 aromatic carbocycles. The van der Waals surface area contributed by atoms with Gasteiger partial charge in [-0.1, -0.05) is 86.5 Å². The van der Waals surface area contributed by atoms with Crippen molar-refractivity contribution in [3.63, 3.8) is 0 Å². The van der Waals surface area contributed by atoms with Crippen molar-refractivity contribution in [2.45, 2.75) is 84.2 Å². The molecule has 0 radical (unpaired) electrons. The minimum atomic E-state index is -0.912. The first-order chi connectivity index (χ1) is 15.6. The Hall–Kier alpha value is -2.70. The van der Waals surface area contributed by atoms with E-state index in [1.54, 1.807) is 13.8 Å². The van der Waals surface area contributed by atoms with Crippen LogP contribution < -0.4 is 0 Å². The standard InChI is InChI=1S/C27H36N2O4/c1-17(2)21-11-7-19(8-12-21)15-23(28-30)25-26(33-27(5,6)32-25)24(29-31)16-20-9-13-22(14-10-20)18(3)4/h7-14,17-18,25-26,30-31H,15-16H2,1-6H3/b28-23+,29-24+/t25-,26-/m0/s1. The van der Waals surface area contributed by atoms with Gasteiger partial charge in [0.05, 0.1) is 11.4 Å². The Kier molecular flexibility index (Phi) is 7.92. The van der Waals surface area contributed by atoms with Gasteiger partial charge in [0, 0.05) is 12.8 Å². The molecule has 2 atom stereocenters. The monoisotopic (exact) mass is 452 g/mol. The third-order valence-electron chi connectivity index (χ3n) is 6.07. The molecule has 1 aliphatic heterocycles. The summed E-state index contributed by atoms with van der Waals surface area (Å²) in [6.07, 6.45) is -0.541. The van der Waals surface area contributed by atoms with Crippen LogP contribution in [-0.2, 0) is 22.3 Å². The normalized spacial score (nSPS) is 21.2. The fraction of sp³-hybridized carbons (Fsp3) is 0.481. The molecule has 178 valence electrons. The molecule has 0 amide bonds. The van der Waals surface area contributed by atoms with E-state index in [1.165, 1.54) is 11.1 Å². The van der Waals surface area contributed by atoms with E-state index < -0.39 is 18.0 Å². The number of ether oxygens (including phenoxy) is 2. The Morgan fingerprint density at radius 1 is 0.727 bits per heavy atom. The average molecular weight is 453 g/mol. The third-order valence-corrected chi connectivity index (χ3v) is 6.07. The number of rotatable bonds is 8. The molecule has 0 aromatic heterocycles. The van der Waals surface area contributed by atoms with Crippen LogP contribution in [0.25, 0.3) is 0 Å². The molecule has 0 aliphatic carbocycles. The summed E-state index contributed by atoms with van der Waals surface area (Å²) in [7, 11) is 0. The highest BCUT2D eigenvalue weighted by Gasteiger charge is 2.46. The van der Waals surface area contributed by atoms with E-state index in [1.807, 2.05) is 24.3 Å². The van der Waals surface area contributed by atoms with Gasteiger partial charge in [-0.05, 0) is 47.9 Å². The van der Waals surface area contributed by atoms with Crippen molar-refractivity contribution >= 4 is 11.4 Å². The predicted octanol–water partition coefficient (Wildman–Crippen LogP) is 5.90. The van der Waals surface area contributed by atoms with Crippen LogP contribution in [0.4, 0.5) is 0 Å². The van der Waals surface area contributed by atoms with Crippen molar-refractivity contribution in [1.29, 1.82) is 0 Å². The highest BCUT2D eigenvalue weighted by atomic mass is 16.8. The van der Waals surface area contributed by atoms with Gasteiger partial charge < -0.3 is 19.9 Å². The van der Waals surface area contributed by atoms with Gasteiger partial charge in [-0.2, -0.15) is 0 Å². The molecule has 33 heavy (non-hydrogen) atoms. The second-order valence-electron chi connectivity index (χ2n) is 9.81. The zero-order chi connectivity index (χ0) is 24.2. The maximum absolute atomic E-state index is 9.86. The molecule has 1 aliphatic rings. The number of benzene rings is 2. The quantitative estimate of drug-likeness (QED) is 0.297. The predicted molar refractivity (Wildman–Crippen MR) is 131 cm³/mol. The highest BCUT2D eigenvalue weighted by molar-refractivity contribution is 5.99. The molecule has 2 N–H and O–H groups in total. The van der Waals surface area contributed by atoms with E-state index in [0.29, 0.717) is 36.1 Å². The van der Waals surface area contributed by atoms with Gasteiger partial charge in [0.2, 0.25) is 0 Å². The Morgan fingerprint density at radius 2 is 1.06 bits per heavy atom. The average Bonchev–Trinajstić information content (AvgIpc) is 3.11. The second kappa shape index (κ2) is 10.5. The molecule has 1 heterocycles. The minimum Gasteiger partial charge on any atom is -0.411 e. The molecule has 2 aromatic rings. The molecule has 1 fully saturated rings. The summed E-state index contributed by atoms with van der Waals surface area (Å²) in [4.78, 5) is 0. The van der Waals surface area contributed by atoms with Gasteiger partial charge in [0.15, 0.2) is 5.79 Å². The van der Waals surface area contributed by atoms with Crippen LogP contribution >= 0.6 is 0 Å². The maximum Gasteiger partial charge on any atom is 0.164 e. The van der Waals surface area contributed by atoms with Crippen molar-refractivity contribution in [1.82, 2.24) is 0 Å². The van der Waals surface area contributed by atoms with Crippen LogP contribution in [0.1, 0.15) is 75.6 Å². The second-order valence-corrected chi connectivity index (χ2v) is 9.81. The molecule has 0 bridgehead atoms. The van der Waals surface area contributed by atoms with Crippen molar-refractivity contribution in [3.8, 4) is 0 Å². The van der Waals surface area contributed by atoms with Crippen molar-refractivity contribution < 1.29 is 19.9 Å². The van der Waals surface area contributed by atoms with Crippen LogP contribution in [0, 0.1) is 0 Å². The van der Waals surface area contributed by atoms with Crippen LogP contribution in [0.5, 0.6) is 0 Å². The number of hydrogen-bond donors (Lipinski definition) is 2. The third kappa shape index (κ3) is 6.21. The fourth-order valence-corrected chi connectivity index (χ4v) is 4.09. The summed E-state index contributed by atoms with van der Waals surface area (Å²) in [5, 5.41) is 26.8. The van der Waals surface area contributed by atoms with Crippen LogP contribution in [-0.4, -0.2) is 39.8 Å². The number of hydrogen-bond acceptors (Lipinski definition) is 6. The summed E-state index contributed by atoms with van der Waals surface area (Å²) in [6.45, 7) is 12.2. The molecule has 0 spiro atoms. The van der Waals surface area contributed by atoms with Gasteiger partial charge in [-0.15, -0.1) is 0 Å². The van der Waals surface area contributed by atoms with E-state index in [2.05, 4.69) is 62.3 Å². The fourth-order valence-electron chi connectivity index (χ4n) is 4.09. The zero-order valence-electron chi connectivity index (χ0n) is 20.4. The van der Waals surface area contributed by atoms with Crippen molar-refractivity contribution in [2.75, 3.05) is 0 Å². The summed E-state index contributed by atoms with van der Waals surface area (Å²) in [5.74, 6) is -0.0241. The molecule has 6 nitrogen and oxygen atoms in total. The van der Waals surface area contributed by atoms with Crippen LogP contribution in [0.15, 0.2) is 58.8 Å². The Balaban J connectivity index is 1.81. The first-order valence-electron chi connectivity index (χ1n) is 11.6. The van der Waals surface area contributed by atoms with Gasteiger partial charge in [0.25, 0.3) is 0 Å². The summed E-state index contributed by atoms with van der Waals surface area (Å²) in [6, 6.07) is 16.5. The maximum atomic E-state index is 9.86. The van der Waals surface area contributed by atoms with Gasteiger partial charge in [-0.3, -0.25) is 0 Å². The van der Waals surface area contributed by atoms with E-state index in [-0.39, 0.29) is 0 Å². The first-order valence-corrected chi connectivity index (χ1v) is 11.6. The van der Waals surface area contributed by atoms with Crippen LogP contribution in [0.3, 0.4) is 0 Å². The van der Waals surface area contributed by atoms with E-state index in [9.17, 15) is 10.4 Å². The SMILES string of the molecule is CC(C)c1ccc(C/C(=N\O)[C@@H]2OC(C)(C)O[C@H]2/C(Cc2ccc(C(C)C)cc2)=N/O)cc1. The molecule has 6 heteroatoms. The summed E-state index contributed by atoms with van der Waals surface area (Å²) >= 11 is 0. The molecule has 0 unspecified atom stereocenters. The number of oxime groups is 2. The lowest BCUT2D eigenvalue weighted by molar-refractivity contribution is -0.136. The van der Waals surface area contributed by atoms with Gasteiger partial charge >= 0.3 is 0 Å². The lowest BCUT2D eigenvalue weighted by atomic mass is 9.94. The largest absolute Gasteiger partial charge is 0.411 e. The van der Waals surface area contributed by atoms with Crippen LogP contribution in [0.2, 0.25) is 0 Å². The highest BCUT2D eigenvalue weighted by Crippen LogP contribution is 2.32. The Labute approximate surface area is 196 Å². The van der Waals surface area contributed by atoms with Gasteiger partial charge in [0.1, 0.15) is 12.2 Å². The number of nitrogens with zero attached hydrogens (tertiary/aromatic N) is 2. The van der Waals surface area contributed by atoms with Crippen molar-refractivity contribution in [2.24, 2.45) is 10.3 Å². The topological polar surface area (TPSA) is 83.6 Å². The Bertz CT molecular complexity index is 897.